The molecular weight excluding hydrogens is 293 g/mol. The third-order valence-electron chi connectivity index (χ3n) is 2.71. The Labute approximate surface area is 125 Å². The zero-order valence-electron chi connectivity index (χ0n) is 10.9. The molecule has 0 spiro atoms. The van der Waals surface area contributed by atoms with Gasteiger partial charge in [-0.1, -0.05) is 18.3 Å². The number of carbonyl (C=O) groups excluding carboxylic acids is 1. The second-order valence-electron chi connectivity index (χ2n) is 4.28. The van der Waals surface area contributed by atoms with Crippen LogP contribution in [0, 0.1) is 5.82 Å². The number of hydrogen-bond donors (Lipinski definition) is 2. The number of thiocarbonyl (C=S) groups is 1. The predicted octanol–water partition coefficient (Wildman–Crippen LogP) is 1.26. The van der Waals surface area contributed by atoms with E-state index in [1.54, 1.807) is 12.1 Å². The summed E-state index contributed by atoms with van der Waals surface area (Å²) in [6.45, 7) is -0.216. The number of pyridine rings is 1. The molecule has 108 valence electrons. The van der Waals surface area contributed by atoms with Crippen molar-refractivity contribution in [2.45, 2.75) is 6.54 Å². The minimum atomic E-state index is -0.458. The molecule has 7 heteroatoms. The summed E-state index contributed by atoms with van der Waals surface area (Å²) < 4.78 is 14.2. The zero-order valence-corrected chi connectivity index (χ0v) is 11.7. The van der Waals surface area contributed by atoms with E-state index >= 15 is 0 Å². The molecule has 0 unspecified atom stereocenters. The van der Waals surface area contributed by atoms with Gasteiger partial charge in [0.15, 0.2) is 0 Å². The highest BCUT2D eigenvalue weighted by atomic mass is 32.1. The van der Waals surface area contributed by atoms with Crippen LogP contribution in [0.1, 0.15) is 5.56 Å². The Morgan fingerprint density at radius 1 is 1.33 bits per heavy atom. The molecule has 1 amide bonds. The van der Waals surface area contributed by atoms with Gasteiger partial charge in [-0.3, -0.25) is 9.59 Å². The average molecular weight is 305 g/mol. The third kappa shape index (κ3) is 3.73. The van der Waals surface area contributed by atoms with Crippen molar-refractivity contribution < 1.29 is 9.18 Å². The quantitative estimate of drug-likeness (QED) is 0.834. The van der Waals surface area contributed by atoms with E-state index in [4.69, 9.17) is 18.0 Å². The number of hydrogen-bond acceptors (Lipinski definition) is 3. The highest BCUT2D eigenvalue weighted by Gasteiger charge is 2.09. The summed E-state index contributed by atoms with van der Waals surface area (Å²) in [5, 5.41) is 2.50. The number of nitrogens with two attached hydrogens (primary N) is 1. The molecule has 2 aromatic rings. The molecule has 3 N–H and O–H groups in total. The molecule has 0 atom stereocenters. The maximum absolute atomic E-state index is 13.0. The molecule has 2 rings (SSSR count). The SMILES string of the molecule is NC(=S)c1cccn(CC(=O)Nc2cccc(F)c2)c1=O. The van der Waals surface area contributed by atoms with Crippen molar-refractivity contribution in [2.24, 2.45) is 5.73 Å². The maximum Gasteiger partial charge on any atom is 0.261 e. The van der Waals surface area contributed by atoms with E-state index in [1.165, 1.54) is 35.0 Å². The lowest BCUT2D eigenvalue weighted by Crippen LogP contribution is -2.32. The van der Waals surface area contributed by atoms with Gasteiger partial charge in [0.2, 0.25) is 5.91 Å². The van der Waals surface area contributed by atoms with E-state index in [-0.39, 0.29) is 17.1 Å². The number of halogens is 1. The first-order valence-electron chi connectivity index (χ1n) is 6.02. The van der Waals surface area contributed by atoms with Crippen molar-refractivity contribution in [1.82, 2.24) is 4.57 Å². The summed E-state index contributed by atoms with van der Waals surface area (Å²) >= 11 is 4.76. The second kappa shape index (κ2) is 6.27. The molecule has 0 aliphatic carbocycles. The van der Waals surface area contributed by atoms with Crippen molar-refractivity contribution in [3.63, 3.8) is 0 Å². The number of benzene rings is 1. The Morgan fingerprint density at radius 2 is 2.10 bits per heavy atom. The van der Waals surface area contributed by atoms with Gasteiger partial charge in [-0.15, -0.1) is 0 Å². The van der Waals surface area contributed by atoms with Gasteiger partial charge in [-0.05, 0) is 30.3 Å². The predicted molar refractivity (Wildman–Crippen MR) is 81.6 cm³/mol. The lowest BCUT2D eigenvalue weighted by Gasteiger charge is -2.08. The maximum atomic E-state index is 13.0. The van der Waals surface area contributed by atoms with Gasteiger partial charge in [-0.2, -0.15) is 0 Å². The molecule has 0 fully saturated rings. The van der Waals surface area contributed by atoms with Crippen LogP contribution in [0.25, 0.3) is 0 Å². The Bertz CT molecular complexity index is 758. The number of amides is 1. The fourth-order valence-electron chi connectivity index (χ4n) is 1.77. The van der Waals surface area contributed by atoms with E-state index in [2.05, 4.69) is 5.32 Å². The number of rotatable bonds is 4. The molecule has 0 saturated heterocycles. The number of nitrogens with zero attached hydrogens (tertiary/aromatic N) is 1. The van der Waals surface area contributed by atoms with Crippen LogP contribution in [0.3, 0.4) is 0 Å². The lowest BCUT2D eigenvalue weighted by atomic mass is 10.2. The molecule has 0 aliphatic rings. The number of nitrogens with one attached hydrogen (secondary N) is 1. The molecule has 0 bridgehead atoms. The topological polar surface area (TPSA) is 77.1 Å². The van der Waals surface area contributed by atoms with Gasteiger partial charge in [0.25, 0.3) is 5.56 Å². The first-order chi connectivity index (χ1) is 9.97. The minimum absolute atomic E-state index is 0.0279. The zero-order chi connectivity index (χ0) is 15.4. The van der Waals surface area contributed by atoms with Crippen molar-refractivity contribution in [3.8, 4) is 0 Å². The monoisotopic (exact) mass is 305 g/mol. The molecular formula is C14H12FN3O2S. The summed E-state index contributed by atoms with van der Waals surface area (Å²) in [5.74, 6) is -0.914. The molecule has 1 aromatic heterocycles. The molecule has 21 heavy (non-hydrogen) atoms. The fourth-order valence-corrected chi connectivity index (χ4v) is 1.93. The van der Waals surface area contributed by atoms with Crippen LogP contribution in [-0.4, -0.2) is 15.5 Å². The smallest absolute Gasteiger partial charge is 0.261 e. The second-order valence-corrected chi connectivity index (χ2v) is 4.72. The van der Waals surface area contributed by atoms with Crippen molar-refractivity contribution in [2.75, 3.05) is 5.32 Å². The van der Waals surface area contributed by atoms with Crippen LogP contribution in [0.15, 0.2) is 47.4 Å². The largest absolute Gasteiger partial charge is 0.389 e. The normalized spacial score (nSPS) is 10.1. The van der Waals surface area contributed by atoms with Gasteiger partial charge < -0.3 is 15.6 Å². The van der Waals surface area contributed by atoms with Crippen LogP contribution in [0.4, 0.5) is 10.1 Å². The standard InChI is InChI=1S/C14H12FN3O2S/c15-9-3-1-4-10(7-9)17-12(19)8-18-6-2-5-11(13(16)21)14(18)20/h1-7H,8H2,(H2,16,21)(H,17,19). The number of anilines is 1. The van der Waals surface area contributed by atoms with Gasteiger partial charge in [-0.25, -0.2) is 4.39 Å². The highest BCUT2D eigenvalue weighted by Crippen LogP contribution is 2.08. The Morgan fingerprint density at radius 3 is 2.76 bits per heavy atom. The first-order valence-corrected chi connectivity index (χ1v) is 6.43. The van der Waals surface area contributed by atoms with Crippen LogP contribution >= 0.6 is 12.2 Å². The van der Waals surface area contributed by atoms with Gasteiger partial charge in [0.1, 0.15) is 17.4 Å². The summed E-state index contributed by atoms with van der Waals surface area (Å²) in [6.07, 6.45) is 1.45. The number of aromatic nitrogens is 1. The number of carbonyl (C=O) groups is 1. The van der Waals surface area contributed by atoms with Crippen molar-refractivity contribution >= 4 is 28.8 Å². The molecule has 0 saturated carbocycles. The van der Waals surface area contributed by atoms with Gasteiger partial charge in [0.05, 0.1) is 5.56 Å². The fraction of sp³-hybridized carbons (Fsp3) is 0.0714. The highest BCUT2D eigenvalue weighted by molar-refractivity contribution is 7.80. The minimum Gasteiger partial charge on any atom is -0.389 e. The van der Waals surface area contributed by atoms with Crippen LogP contribution in [-0.2, 0) is 11.3 Å². The molecule has 5 nitrogen and oxygen atoms in total. The summed E-state index contributed by atoms with van der Waals surface area (Å²) in [6, 6.07) is 8.55. The molecule has 1 aromatic carbocycles. The van der Waals surface area contributed by atoms with Crippen molar-refractivity contribution in [1.29, 1.82) is 0 Å². The van der Waals surface area contributed by atoms with Crippen LogP contribution in [0.2, 0.25) is 0 Å². The Balaban J connectivity index is 2.15. The summed E-state index contributed by atoms with van der Waals surface area (Å²) in [4.78, 5) is 23.8. The average Bonchev–Trinajstić information content (AvgIpc) is 2.40. The van der Waals surface area contributed by atoms with Gasteiger partial charge in [0, 0.05) is 11.9 Å². The van der Waals surface area contributed by atoms with E-state index < -0.39 is 17.3 Å². The summed E-state index contributed by atoms with van der Waals surface area (Å²) in [5.41, 5.74) is 5.48. The third-order valence-corrected chi connectivity index (χ3v) is 2.93. The van der Waals surface area contributed by atoms with Crippen LogP contribution < -0.4 is 16.6 Å². The van der Waals surface area contributed by atoms with E-state index in [0.29, 0.717) is 5.69 Å². The Kier molecular flexibility index (Phi) is 4.44. The molecule has 1 heterocycles. The van der Waals surface area contributed by atoms with E-state index in [9.17, 15) is 14.0 Å². The van der Waals surface area contributed by atoms with Crippen LogP contribution in [0.5, 0.6) is 0 Å². The molecule has 0 aliphatic heterocycles. The Hall–Kier alpha value is -2.54. The lowest BCUT2D eigenvalue weighted by molar-refractivity contribution is -0.116. The van der Waals surface area contributed by atoms with Gasteiger partial charge >= 0.3 is 0 Å². The molecule has 0 radical (unpaired) electrons. The van der Waals surface area contributed by atoms with E-state index in [1.807, 2.05) is 0 Å². The first kappa shape index (κ1) is 14.9. The summed E-state index contributed by atoms with van der Waals surface area (Å²) in [7, 11) is 0. The van der Waals surface area contributed by atoms with E-state index in [0.717, 1.165) is 0 Å². The van der Waals surface area contributed by atoms with Crippen molar-refractivity contribution in [3.05, 3.63) is 64.3 Å².